The number of carbonyl (C=O) groups is 3. The standard InChI is InChI=1S/C24H29NO6/c1-6-30-17-11-9-8-10-15(17)20-19(24(28)31-7-2)14(4)25-16-12-13(3)18(23(27)29-5)22(26)21(16)20/h8-11,13,18-20H,6-7,12H2,1-5H3/t13-,18+,19-,20+/m1/s1. The summed E-state index contributed by atoms with van der Waals surface area (Å²) in [6, 6.07) is 7.35. The summed E-state index contributed by atoms with van der Waals surface area (Å²) in [6.07, 6.45) is 0.445. The molecule has 0 bridgehead atoms. The minimum absolute atomic E-state index is 0.212. The zero-order valence-electron chi connectivity index (χ0n) is 18.6. The summed E-state index contributed by atoms with van der Waals surface area (Å²) in [5.74, 6) is -3.39. The van der Waals surface area contributed by atoms with Crippen molar-refractivity contribution < 1.29 is 28.6 Å². The molecule has 1 aliphatic heterocycles. The summed E-state index contributed by atoms with van der Waals surface area (Å²) in [5.41, 5.74) is 2.29. The molecule has 31 heavy (non-hydrogen) atoms. The van der Waals surface area contributed by atoms with Crippen molar-refractivity contribution in [1.82, 2.24) is 0 Å². The van der Waals surface area contributed by atoms with E-state index in [-0.39, 0.29) is 18.3 Å². The normalized spacial score (nSPS) is 25.5. The summed E-state index contributed by atoms with van der Waals surface area (Å²) in [7, 11) is 1.28. The molecule has 0 radical (unpaired) electrons. The molecule has 1 aliphatic carbocycles. The van der Waals surface area contributed by atoms with Crippen LogP contribution in [0.4, 0.5) is 0 Å². The van der Waals surface area contributed by atoms with Crippen molar-refractivity contribution in [2.24, 2.45) is 22.7 Å². The van der Waals surface area contributed by atoms with E-state index in [1.54, 1.807) is 13.8 Å². The van der Waals surface area contributed by atoms with E-state index in [1.165, 1.54) is 7.11 Å². The van der Waals surface area contributed by atoms with E-state index in [9.17, 15) is 14.4 Å². The predicted octanol–water partition coefficient (Wildman–Crippen LogP) is 3.47. The second-order valence-electron chi connectivity index (χ2n) is 7.84. The van der Waals surface area contributed by atoms with Gasteiger partial charge in [-0.3, -0.25) is 19.4 Å². The fourth-order valence-corrected chi connectivity index (χ4v) is 4.59. The van der Waals surface area contributed by atoms with Gasteiger partial charge in [0.2, 0.25) is 0 Å². The summed E-state index contributed by atoms with van der Waals surface area (Å²) in [6.45, 7) is 7.88. The first kappa shape index (κ1) is 22.7. The van der Waals surface area contributed by atoms with Gasteiger partial charge in [-0.15, -0.1) is 0 Å². The van der Waals surface area contributed by atoms with E-state index in [0.717, 1.165) is 0 Å². The van der Waals surface area contributed by atoms with Crippen LogP contribution in [0.1, 0.15) is 45.6 Å². The smallest absolute Gasteiger partial charge is 0.316 e. The molecule has 1 aromatic rings. The van der Waals surface area contributed by atoms with Crippen molar-refractivity contribution in [3.05, 3.63) is 41.1 Å². The third-order valence-corrected chi connectivity index (χ3v) is 5.90. The van der Waals surface area contributed by atoms with Gasteiger partial charge in [-0.1, -0.05) is 25.1 Å². The maximum absolute atomic E-state index is 13.6. The summed E-state index contributed by atoms with van der Waals surface area (Å²) < 4.78 is 16.1. The Morgan fingerprint density at radius 1 is 1.10 bits per heavy atom. The molecular weight excluding hydrogens is 398 g/mol. The van der Waals surface area contributed by atoms with Crippen LogP contribution in [0, 0.1) is 17.8 Å². The molecule has 0 aromatic heterocycles. The second kappa shape index (κ2) is 9.45. The van der Waals surface area contributed by atoms with Gasteiger partial charge in [0.15, 0.2) is 5.78 Å². The molecule has 3 rings (SSSR count). The van der Waals surface area contributed by atoms with Crippen LogP contribution in [0.5, 0.6) is 5.75 Å². The van der Waals surface area contributed by atoms with Crippen molar-refractivity contribution in [3.63, 3.8) is 0 Å². The molecule has 0 fully saturated rings. The Kier molecular flexibility index (Phi) is 6.93. The van der Waals surface area contributed by atoms with Gasteiger partial charge in [-0.25, -0.2) is 0 Å². The number of hydrogen-bond acceptors (Lipinski definition) is 7. The number of aliphatic imine (C=N–C) groups is 1. The highest BCUT2D eigenvalue weighted by atomic mass is 16.5. The Morgan fingerprint density at radius 3 is 2.45 bits per heavy atom. The number of rotatable bonds is 6. The number of nitrogens with zero attached hydrogens (tertiary/aromatic N) is 1. The Balaban J connectivity index is 2.23. The van der Waals surface area contributed by atoms with Gasteiger partial charge in [0.25, 0.3) is 0 Å². The number of para-hydroxylation sites is 1. The molecule has 0 unspecified atom stereocenters. The number of ether oxygens (including phenoxy) is 3. The molecular formula is C24H29NO6. The number of esters is 2. The Bertz CT molecular complexity index is 947. The van der Waals surface area contributed by atoms with Gasteiger partial charge in [-0.2, -0.15) is 0 Å². The average Bonchev–Trinajstić information content (AvgIpc) is 2.73. The fraction of sp³-hybridized carbons (Fsp3) is 0.500. The number of Topliss-reactive ketones (excluding diaryl/α,β-unsaturated/α-hetero) is 1. The first-order valence-corrected chi connectivity index (χ1v) is 10.6. The molecule has 4 atom stereocenters. The Hall–Kier alpha value is -2.96. The average molecular weight is 427 g/mol. The molecule has 2 aliphatic rings. The highest BCUT2D eigenvalue weighted by Crippen LogP contribution is 2.48. The Morgan fingerprint density at radius 2 is 1.81 bits per heavy atom. The van der Waals surface area contributed by atoms with Gasteiger partial charge in [-0.05, 0) is 39.2 Å². The first-order chi connectivity index (χ1) is 14.8. The highest BCUT2D eigenvalue weighted by molar-refractivity contribution is 6.14. The number of ketones is 1. The minimum Gasteiger partial charge on any atom is -0.494 e. The van der Waals surface area contributed by atoms with E-state index in [4.69, 9.17) is 14.2 Å². The molecule has 0 saturated heterocycles. The fourth-order valence-electron chi connectivity index (χ4n) is 4.59. The number of hydrogen-bond donors (Lipinski definition) is 0. The molecule has 7 nitrogen and oxygen atoms in total. The van der Waals surface area contributed by atoms with E-state index in [0.29, 0.717) is 41.3 Å². The second-order valence-corrected chi connectivity index (χ2v) is 7.84. The lowest BCUT2D eigenvalue weighted by Crippen LogP contribution is -2.43. The number of allylic oxidation sites excluding steroid dienone is 2. The van der Waals surface area contributed by atoms with E-state index in [1.807, 2.05) is 38.1 Å². The lowest BCUT2D eigenvalue weighted by Gasteiger charge is -2.38. The molecule has 166 valence electrons. The SMILES string of the molecule is CCOC(=O)[C@@H]1C(C)=NC2=C(C(=O)[C@@H](C(=O)OC)[C@H](C)C2)[C@H]1c1ccccc1OCC. The van der Waals surface area contributed by atoms with Crippen LogP contribution in [0.15, 0.2) is 40.5 Å². The maximum Gasteiger partial charge on any atom is 0.316 e. The van der Waals surface area contributed by atoms with Crippen molar-refractivity contribution >= 4 is 23.4 Å². The molecule has 1 aromatic carbocycles. The molecule has 0 amide bonds. The first-order valence-electron chi connectivity index (χ1n) is 10.6. The van der Waals surface area contributed by atoms with Gasteiger partial charge >= 0.3 is 11.9 Å². The van der Waals surface area contributed by atoms with Crippen LogP contribution in [-0.2, 0) is 23.9 Å². The van der Waals surface area contributed by atoms with Gasteiger partial charge in [0.1, 0.15) is 17.6 Å². The monoisotopic (exact) mass is 427 g/mol. The summed E-state index contributed by atoms with van der Waals surface area (Å²) >= 11 is 0. The number of methoxy groups -OCH3 is 1. The predicted molar refractivity (Wildman–Crippen MR) is 115 cm³/mol. The third-order valence-electron chi connectivity index (χ3n) is 5.90. The van der Waals surface area contributed by atoms with Crippen molar-refractivity contribution in [1.29, 1.82) is 0 Å². The third kappa shape index (κ3) is 4.13. The van der Waals surface area contributed by atoms with Crippen LogP contribution in [-0.4, -0.2) is 43.8 Å². The lowest BCUT2D eigenvalue weighted by molar-refractivity contribution is -0.151. The maximum atomic E-state index is 13.6. The lowest BCUT2D eigenvalue weighted by atomic mass is 9.67. The van der Waals surface area contributed by atoms with Crippen molar-refractivity contribution in [3.8, 4) is 5.75 Å². The molecule has 7 heteroatoms. The van der Waals surface area contributed by atoms with Crippen molar-refractivity contribution in [2.45, 2.75) is 40.0 Å². The molecule has 0 N–H and O–H groups in total. The van der Waals surface area contributed by atoms with Gasteiger partial charge in [0, 0.05) is 28.5 Å². The zero-order valence-corrected chi connectivity index (χ0v) is 18.6. The number of carbonyl (C=O) groups excluding carboxylic acids is 3. The van der Waals surface area contributed by atoms with Crippen molar-refractivity contribution in [2.75, 3.05) is 20.3 Å². The molecule has 0 spiro atoms. The van der Waals surface area contributed by atoms with E-state index >= 15 is 0 Å². The Labute approximate surface area is 182 Å². The van der Waals surface area contributed by atoms with Crippen LogP contribution >= 0.6 is 0 Å². The van der Waals surface area contributed by atoms with Crippen LogP contribution in [0.3, 0.4) is 0 Å². The van der Waals surface area contributed by atoms with Gasteiger partial charge < -0.3 is 14.2 Å². The van der Waals surface area contributed by atoms with Crippen LogP contribution in [0.2, 0.25) is 0 Å². The summed E-state index contributed by atoms with van der Waals surface area (Å²) in [5, 5.41) is 0. The van der Waals surface area contributed by atoms with Crippen LogP contribution in [0.25, 0.3) is 0 Å². The quantitative estimate of drug-likeness (QED) is 0.510. The largest absolute Gasteiger partial charge is 0.494 e. The topological polar surface area (TPSA) is 91.3 Å². The van der Waals surface area contributed by atoms with Gasteiger partial charge in [0.05, 0.1) is 20.3 Å². The minimum atomic E-state index is -0.929. The zero-order chi connectivity index (χ0) is 22.7. The molecule has 0 saturated carbocycles. The van der Waals surface area contributed by atoms with Crippen LogP contribution < -0.4 is 4.74 Å². The van der Waals surface area contributed by atoms with E-state index < -0.39 is 29.7 Å². The van der Waals surface area contributed by atoms with E-state index in [2.05, 4.69) is 4.99 Å². The number of benzene rings is 1. The summed E-state index contributed by atoms with van der Waals surface area (Å²) in [4.78, 5) is 43.7. The highest BCUT2D eigenvalue weighted by Gasteiger charge is 2.49. The molecule has 1 heterocycles.